The topological polar surface area (TPSA) is 42.7 Å². The van der Waals surface area contributed by atoms with Gasteiger partial charge in [0.25, 0.3) is 0 Å². The van der Waals surface area contributed by atoms with Crippen LogP contribution in [0.25, 0.3) is 0 Å². The van der Waals surface area contributed by atoms with Gasteiger partial charge < -0.3 is 5.32 Å². The molecule has 0 saturated carbocycles. The number of aryl methyl sites for hydroxylation is 1. The molecule has 0 radical (unpaired) electrons. The van der Waals surface area contributed by atoms with Crippen LogP contribution in [-0.4, -0.2) is 14.8 Å². The SMILES string of the molecule is Cc1sc(CNc2ccc(Cn3cncn3)cc2)cc1Br. The first-order valence-corrected chi connectivity index (χ1v) is 8.22. The number of rotatable bonds is 5. The summed E-state index contributed by atoms with van der Waals surface area (Å²) in [4.78, 5) is 6.58. The molecule has 2 heterocycles. The first-order valence-electron chi connectivity index (χ1n) is 6.61. The molecule has 0 aliphatic rings. The van der Waals surface area contributed by atoms with E-state index in [1.807, 2.05) is 16.0 Å². The maximum absolute atomic E-state index is 4.11. The molecule has 0 atom stereocenters. The minimum Gasteiger partial charge on any atom is -0.380 e. The molecule has 108 valence electrons. The summed E-state index contributed by atoms with van der Waals surface area (Å²) in [6.45, 7) is 3.72. The second-order valence-electron chi connectivity index (χ2n) is 4.76. The van der Waals surface area contributed by atoms with E-state index in [4.69, 9.17) is 0 Å². The van der Waals surface area contributed by atoms with Crippen LogP contribution in [0.3, 0.4) is 0 Å². The molecule has 0 spiro atoms. The van der Waals surface area contributed by atoms with Gasteiger partial charge in [-0.05, 0) is 46.6 Å². The van der Waals surface area contributed by atoms with Crippen LogP contribution in [0.2, 0.25) is 0 Å². The lowest BCUT2D eigenvalue weighted by Crippen LogP contribution is -2.01. The highest BCUT2D eigenvalue weighted by molar-refractivity contribution is 9.10. The number of hydrogen-bond acceptors (Lipinski definition) is 4. The number of aromatic nitrogens is 3. The molecule has 0 aliphatic carbocycles. The van der Waals surface area contributed by atoms with Crippen molar-refractivity contribution in [3.05, 3.63) is 62.8 Å². The van der Waals surface area contributed by atoms with Gasteiger partial charge >= 0.3 is 0 Å². The van der Waals surface area contributed by atoms with Gasteiger partial charge in [0.1, 0.15) is 12.7 Å². The largest absolute Gasteiger partial charge is 0.380 e. The van der Waals surface area contributed by atoms with E-state index in [-0.39, 0.29) is 0 Å². The average Bonchev–Trinajstić information content (AvgIpc) is 3.09. The molecule has 0 saturated heterocycles. The molecule has 4 nitrogen and oxygen atoms in total. The lowest BCUT2D eigenvalue weighted by Gasteiger charge is -2.06. The molecule has 3 aromatic rings. The highest BCUT2D eigenvalue weighted by Gasteiger charge is 2.03. The molecular weight excluding hydrogens is 348 g/mol. The Hall–Kier alpha value is -1.66. The van der Waals surface area contributed by atoms with Crippen LogP contribution in [0.15, 0.2) is 47.5 Å². The van der Waals surface area contributed by atoms with E-state index in [9.17, 15) is 0 Å². The zero-order valence-corrected chi connectivity index (χ0v) is 14.0. The summed E-state index contributed by atoms with van der Waals surface area (Å²) in [6.07, 6.45) is 3.28. The Labute approximate surface area is 136 Å². The number of anilines is 1. The third-order valence-corrected chi connectivity index (χ3v) is 5.28. The average molecular weight is 363 g/mol. The van der Waals surface area contributed by atoms with Crippen LogP contribution in [0.4, 0.5) is 5.69 Å². The Morgan fingerprint density at radius 3 is 2.71 bits per heavy atom. The lowest BCUT2D eigenvalue weighted by molar-refractivity contribution is 0.685. The summed E-state index contributed by atoms with van der Waals surface area (Å²) in [7, 11) is 0. The number of benzene rings is 1. The highest BCUT2D eigenvalue weighted by atomic mass is 79.9. The Morgan fingerprint density at radius 1 is 1.29 bits per heavy atom. The lowest BCUT2D eigenvalue weighted by atomic mass is 10.2. The summed E-state index contributed by atoms with van der Waals surface area (Å²) < 4.78 is 3.00. The Kier molecular flexibility index (Phi) is 4.36. The number of halogens is 1. The second kappa shape index (κ2) is 6.41. The summed E-state index contributed by atoms with van der Waals surface area (Å²) in [5.41, 5.74) is 2.33. The third-order valence-electron chi connectivity index (χ3n) is 3.14. The minimum atomic E-state index is 0.747. The van der Waals surface area contributed by atoms with Crippen molar-refractivity contribution >= 4 is 33.0 Å². The Balaban J connectivity index is 1.59. The zero-order chi connectivity index (χ0) is 14.7. The van der Waals surface area contributed by atoms with Crippen LogP contribution in [0.5, 0.6) is 0 Å². The van der Waals surface area contributed by atoms with E-state index in [1.165, 1.54) is 19.8 Å². The van der Waals surface area contributed by atoms with Crippen molar-refractivity contribution in [1.82, 2.24) is 14.8 Å². The van der Waals surface area contributed by atoms with Crippen molar-refractivity contribution in [2.75, 3.05) is 5.32 Å². The molecule has 0 fully saturated rings. The molecule has 1 N–H and O–H groups in total. The maximum Gasteiger partial charge on any atom is 0.137 e. The fraction of sp³-hybridized carbons (Fsp3) is 0.200. The van der Waals surface area contributed by atoms with Gasteiger partial charge in [-0.2, -0.15) is 5.10 Å². The quantitative estimate of drug-likeness (QED) is 0.743. The highest BCUT2D eigenvalue weighted by Crippen LogP contribution is 2.26. The van der Waals surface area contributed by atoms with Crippen molar-refractivity contribution in [2.45, 2.75) is 20.0 Å². The van der Waals surface area contributed by atoms with Crippen LogP contribution in [0.1, 0.15) is 15.3 Å². The summed E-state index contributed by atoms with van der Waals surface area (Å²) >= 11 is 5.36. The fourth-order valence-corrected chi connectivity index (χ4v) is 3.57. The van der Waals surface area contributed by atoms with Crippen molar-refractivity contribution in [2.24, 2.45) is 0 Å². The number of hydrogen-bond donors (Lipinski definition) is 1. The van der Waals surface area contributed by atoms with Gasteiger partial charge in [-0.3, -0.25) is 0 Å². The minimum absolute atomic E-state index is 0.747. The smallest absolute Gasteiger partial charge is 0.137 e. The molecule has 6 heteroatoms. The van der Waals surface area contributed by atoms with E-state index >= 15 is 0 Å². The number of thiophene rings is 1. The van der Waals surface area contributed by atoms with Crippen molar-refractivity contribution in [3.63, 3.8) is 0 Å². The van der Waals surface area contributed by atoms with Crippen molar-refractivity contribution in [1.29, 1.82) is 0 Å². The van der Waals surface area contributed by atoms with Gasteiger partial charge in [-0.25, -0.2) is 9.67 Å². The first kappa shape index (κ1) is 14.3. The Bertz CT molecular complexity index is 684. The molecular formula is C15H15BrN4S. The number of nitrogens with zero attached hydrogens (tertiary/aromatic N) is 3. The van der Waals surface area contributed by atoms with E-state index in [1.54, 1.807) is 12.7 Å². The van der Waals surface area contributed by atoms with E-state index in [0.29, 0.717) is 0 Å². The van der Waals surface area contributed by atoms with Gasteiger partial charge in [0.05, 0.1) is 6.54 Å². The molecule has 1 aromatic carbocycles. The molecule has 0 amide bonds. The molecule has 0 aliphatic heterocycles. The van der Waals surface area contributed by atoms with Gasteiger partial charge in [-0.15, -0.1) is 11.3 Å². The van der Waals surface area contributed by atoms with E-state index in [0.717, 1.165) is 18.8 Å². The molecule has 2 aromatic heterocycles. The summed E-state index contributed by atoms with van der Waals surface area (Å²) in [5, 5.41) is 7.55. The normalized spacial score (nSPS) is 10.8. The van der Waals surface area contributed by atoms with Gasteiger partial charge in [0.2, 0.25) is 0 Å². The number of nitrogens with one attached hydrogen (secondary N) is 1. The fourth-order valence-electron chi connectivity index (χ4n) is 2.02. The third kappa shape index (κ3) is 3.71. The van der Waals surface area contributed by atoms with Crippen LogP contribution in [-0.2, 0) is 13.1 Å². The second-order valence-corrected chi connectivity index (χ2v) is 6.96. The monoisotopic (exact) mass is 362 g/mol. The predicted octanol–water partition coefficient (Wildman–Crippen LogP) is 4.07. The molecule has 3 rings (SSSR count). The standard InChI is InChI=1S/C15H15BrN4S/c1-11-15(16)6-14(21-11)7-18-13-4-2-12(3-5-13)8-20-10-17-9-19-20/h2-6,9-10,18H,7-8H2,1H3. The van der Waals surface area contributed by atoms with E-state index < -0.39 is 0 Å². The van der Waals surface area contributed by atoms with Crippen LogP contribution >= 0.6 is 27.3 Å². The summed E-state index contributed by atoms with van der Waals surface area (Å²) in [6, 6.07) is 10.6. The molecule has 21 heavy (non-hydrogen) atoms. The van der Waals surface area contributed by atoms with Crippen LogP contribution < -0.4 is 5.32 Å². The Morgan fingerprint density at radius 2 is 2.10 bits per heavy atom. The van der Waals surface area contributed by atoms with Crippen molar-refractivity contribution < 1.29 is 0 Å². The van der Waals surface area contributed by atoms with Crippen molar-refractivity contribution in [3.8, 4) is 0 Å². The predicted molar refractivity (Wildman–Crippen MR) is 89.6 cm³/mol. The van der Waals surface area contributed by atoms with Gasteiger partial charge in [0, 0.05) is 26.5 Å². The van der Waals surface area contributed by atoms with Gasteiger partial charge in [-0.1, -0.05) is 12.1 Å². The van der Waals surface area contributed by atoms with Crippen LogP contribution in [0, 0.1) is 6.92 Å². The zero-order valence-electron chi connectivity index (χ0n) is 11.6. The van der Waals surface area contributed by atoms with E-state index in [2.05, 4.69) is 68.6 Å². The first-order chi connectivity index (χ1) is 10.2. The molecule has 0 unspecified atom stereocenters. The van der Waals surface area contributed by atoms with Gasteiger partial charge in [0.15, 0.2) is 0 Å². The summed E-state index contributed by atoms with van der Waals surface area (Å²) in [5.74, 6) is 0. The molecule has 0 bridgehead atoms. The maximum atomic E-state index is 4.11.